The molecule has 0 saturated heterocycles. The molecule has 24 heavy (non-hydrogen) atoms. The monoisotopic (exact) mass is 322 g/mol. The largest absolute Gasteiger partial charge is 0.509 e. The molecule has 0 aliphatic carbocycles. The molecule has 2 aromatic carbocycles. The van der Waals surface area contributed by atoms with Crippen molar-refractivity contribution in [2.45, 2.75) is 19.4 Å². The van der Waals surface area contributed by atoms with Gasteiger partial charge in [-0.25, -0.2) is 0 Å². The van der Waals surface area contributed by atoms with Crippen LogP contribution in [0.2, 0.25) is 0 Å². The van der Waals surface area contributed by atoms with E-state index in [4.69, 9.17) is 0 Å². The first-order valence-corrected chi connectivity index (χ1v) is 7.67. The quantitative estimate of drug-likeness (QED) is 0.757. The number of carbonyl (C=O) groups is 1. The van der Waals surface area contributed by atoms with Crippen LogP contribution in [-0.2, 0) is 11.2 Å². The number of nitrogens with one attached hydrogen (secondary N) is 1. The number of aliphatic hydroxyl groups excluding tert-OH is 1. The molecule has 1 amide bonds. The number of aromatic hydroxyl groups is 1. The molecule has 122 valence electrons. The van der Waals surface area contributed by atoms with Gasteiger partial charge in [-0.2, -0.15) is 0 Å². The highest BCUT2D eigenvalue weighted by atomic mass is 16.3. The van der Waals surface area contributed by atoms with Gasteiger partial charge in [-0.15, -0.1) is 0 Å². The Morgan fingerprint density at radius 1 is 1.08 bits per heavy atom. The number of phenols is 1. The number of benzene rings is 2. The summed E-state index contributed by atoms with van der Waals surface area (Å²) in [6.45, 7) is 1.71. The molecule has 0 aromatic heterocycles. The molecule has 2 aromatic rings. The summed E-state index contributed by atoms with van der Waals surface area (Å²) < 4.78 is 0. The lowest BCUT2D eigenvalue weighted by Crippen LogP contribution is -2.31. The molecule has 0 unspecified atom stereocenters. The third-order valence-electron chi connectivity index (χ3n) is 3.91. The Balaban J connectivity index is 1.84. The zero-order valence-corrected chi connectivity index (χ0v) is 13.2. The van der Waals surface area contributed by atoms with Crippen LogP contribution in [0.15, 0.2) is 70.9 Å². The predicted octanol–water partition coefficient (Wildman–Crippen LogP) is 3.04. The average molecular weight is 322 g/mol. The van der Waals surface area contributed by atoms with Gasteiger partial charge in [-0.1, -0.05) is 30.3 Å². The Bertz CT molecular complexity index is 808. The van der Waals surface area contributed by atoms with E-state index in [-0.39, 0.29) is 23.0 Å². The van der Waals surface area contributed by atoms with Crippen LogP contribution >= 0.6 is 0 Å². The highest BCUT2D eigenvalue weighted by Gasteiger charge is 2.33. The molecule has 0 radical (unpaired) electrons. The standard InChI is InChI=1S/C19H18N2O3/c1-12(20-14-5-3-2-4-6-14)17-18(23)16(21-19(17)24)11-13-7-9-15(22)10-8-13/h2-10,16,22-23H,11H2,1H3,(H,21,24)/t16-/m1/s1. The number of para-hydroxylation sites is 1. The fourth-order valence-corrected chi connectivity index (χ4v) is 2.71. The van der Waals surface area contributed by atoms with Crippen LogP contribution < -0.4 is 5.32 Å². The summed E-state index contributed by atoms with van der Waals surface area (Å²) in [4.78, 5) is 16.6. The molecule has 0 saturated carbocycles. The Kier molecular flexibility index (Phi) is 4.33. The Morgan fingerprint density at radius 2 is 1.75 bits per heavy atom. The maximum atomic E-state index is 12.2. The van der Waals surface area contributed by atoms with Gasteiger partial charge in [0.25, 0.3) is 5.91 Å². The van der Waals surface area contributed by atoms with Gasteiger partial charge in [0.1, 0.15) is 17.1 Å². The summed E-state index contributed by atoms with van der Waals surface area (Å²) >= 11 is 0. The molecule has 3 rings (SSSR count). The van der Waals surface area contributed by atoms with E-state index in [1.54, 1.807) is 31.2 Å². The maximum absolute atomic E-state index is 12.2. The van der Waals surface area contributed by atoms with Crippen molar-refractivity contribution in [1.29, 1.82) is 0 Å². The van der Waals surface area contributed by atoms with Gasteiger partial charge in [0.05, 0.1) is 17.4 Å². The minimum atomic E-state index is -0.488. The van der Waals surface area contributed by atoms with Crippen LogP contribution in [0.25, 0.3) is 0 Å². The van der Waals surface area contributed by atoms with E-state index in [0.29, 0.717) is 12.1 Å². The number of rotatable bonds is 4. The first-order valence-electron chi connectivity index (χ1n) is 7.67. The third kappa shape index (κ3) is 3.30. The van der Waals surface area contributed by atoms with Crippen molar-refractivity contribution >= 4 is 17.3 Å². The zero-order chi connectivity index (χ0) is 17.1. The van der Waals surface area contributed by atoms with Gasteiger partial charge < -0.3 is 15.5 Å². The number of phenolic OH excluding ortho intramolecular Hbond substituents is 1. The first kappa shape index (κ1) is 15.8. The van der Waals surface area contributed by atoms with Crippen LogP contribution in [0.4, 0.5) is 5.69 Å². The molecule has 1 heterocycles. The smallest absolute Gasteiger partial charge is 0.257 e. The molecule has 0 fully saturated rings. The first-order chi connectivity index (χ1) is 11.5. The predicted molar refractivity (Wildman–Crippen MR) is 92.6 cm³/mol. The van der Waals surface area contributed by atoms with Crippen molar-refractivity contribution in [3.63, 3.8) is 0 Å². The van der Waals surface area contributed by atoms with Crippen molar-refractivity contribution in [3.8, 4) is 5.75 Å². The number of nitrogens with zero attached hydrogens (tertiary/aromatic N) is 1. The van der Waals surface area contributed by atoms with Gasteiger partial charge in [0.2, 0.25) is 0 Å². The van der Waals surface area contributed by atoms with Crippen LogP contribution in [0.1, 0.15) is 12.5 Å². The van der Waals surface area contributed by atoms with Gasteiger partial charge in [0, 0.05) is 0 Å². The van der Waals surface area contributed by atoms with Crippen molar-refractivity contribution in [1.82, 2.24) is 5.32 Å². The van der Waals surface area contributed by atoms with E-state index >= 15 is 0 Å². The van der Waals surface area contributed by atoms with E-state index < -0.39 is 6.04 Å². The number of amides is 1. The van der Waals surface area contributed by atoms with Crippen molar-refractivity contribution < 1.29 is 15.0 Å². The summed E-state index contributed by atoms with van der Waals surface area (Å²) in [5.74, 6) is -0.140. The molecule has 5 heteroatoms. The molecule has 0 spiro atoms. The van der Waals surface area contributed by atoms with Gasteiger partial charge in [-0.3, -0.25) is 9.79 Å². The molecule has 1 aliphatic heterocycles. The molecule has 3 N–H and O–H groups in total. The summed E-state index contributed by atoms with van der Waals surface area (Å²) in [6, 6.07) is 15.5. The van der Waals surface area contributed by atoms with Crippen molar-refractivity contribution in [3.05, 3.63) is 71.5 Å². The summed E-state index contributed by atoms with van der Waals surface area (Å²) in [5.41, 5.74) is 2.33. The molecular formula is C19H18N2O3. The van der Waals surface area contributed by atoms with Crippen molar-refractivity contribution in [2.24, 2.45) is 4.99 Å². The Labute approximate surface area is 140 Å². The van der Waals surface area contributed by atoms with Crippen LogP contribution in [-0.4, -0.2) is 27.9 Å². The minimum absolute atomic E-state index is 0.00487. The van der Waals surface area contributed by atoms with E-state index in [0.717, 1.165) is 11.3 Å². The van der Waals surface area contributed by atoms with E-state index in [1.165, 1.54) is 0 Å². The number of hydrogen-bond acceptors (Lipinski definition) is 4. The lowest BCUT2D eigenvalue weighted by atomic mass is 10.0. The third-order valence-corrected chi connectivity index (χ3v) is 3.91. The van der Waals surface area contributed by atoms with Crippen LogP contribution in [0.5, 0.6) is 5.75 Å². The van der Waals surface area contributed by atoms with Crippen molar-refractivity contribution in [2.75, 3.05) is 0 Å². The number of aliphatic imine (C=N–C) groups is 1. The highest BCUT2D eigenvalue weighted by Crippen LogP contribution is 2.22. The van der Waals surface area contributed by atoms with E-state index in [1.807, 2.05) is 30.3 Å². The number of aliphatic hydroxyl groups is 1. The number of carbonyl (C=O) groups excluding carboxylic acids is 1. The Hall–Kier alpha value is -3.08. The molecule has 1 aliphatic rings. The van der Waals surface area contributed by atoms with Crippen LogP contribution in [0, 0.1) is 0 Å². The highest BCUT2D eigenvalue weighted by molar-refractivity contribution is 6.23. The zero-order valence-electron chi connectivity index (χ0n) is 13.2. The van der Waals surface area contributed by atoms with E-state index in [9.17, 15) is 15.0 Å². The summed E-state index contributed by atoms with van der Waals surface area (Å²) in [7, 11) is 0. The van der Waals surface area contributed by atoms with Gasteiger partial charge in [-0.05, 0) is 43.2 Å². The lowest BCUT2D eigenvalue weighted by Gasteiger charge is -2.11. The lowest BCUT2D eigenvalue weighted by molar-refractivity contribution is -0.116. The molecule has 0 bridgehead atoms. The fourth-order valence-electron chi connectivity index (χ4n) is 2.71. The van der Waals surface area contributed by atoms with E-state index in [2.05, 4.69) is 10.3 Å². The van der Waals surface area contributed by atoms with Crippen LogP contribution in [0.3, 0.4) is 0 Å². The average Bonchev–Trinajstić information content (AvgIpc) is 2.84. The minimum Gasteiger partial charge on any atom is -0.509 e. The second kappa shape index (κ2) is 6.58. The second-order valence-corrected chi connectivity index (χ2v) is 5.69. The SMILES string of the molecule is CC(=Nc1ccccc1)C1=C(O)[C@@H](Cc2ccc(O)cc2)NC1=O. The molecule has 1 atom stereocenters. The fraction of sp³-hybridized carbons (Fsp3) is 0.158. The molecular weight excluding hydrogens is 304 g/mol. The second-order valence-electron chi connectivity index (χ2n) is 5.69. The summed E-state index contributed by atoms with van der Waals surface area (Å²) in [5, 5.41) is 22.5. The summed E-state index contributed by atoms with van der Waals surface area (Å²) in [6.07, 6.45) is 0.444. The Morgan fingerprint density at radius 3 is 2.42 bits per heavy atom. The maximum Gasteiger partial charge on any atom is 0.257 e. The van der Waals surface area contributed by atoms with Gasteiger partial charge in [0.15, 0.2) is 0 Å². The molecule has 5 nitrogen and oxygen atoms in total. The topological polar surface area (TPSA) is 81.9 Å². The normalized spacial score (nSPS) is 18.0. The number of hydrogen-bond donors (Lipinski definition) is 3. The van der Waals surface area contributed by atoms with Gasteiger partial charge >= 0.3 is 0 Å².